The van der Waals surface area contributed by atoms with Crippen molar-refractivity contribution in [2.45, 2.75) is 44.4 Å². The molecule has 2 aliphatic rings. The maximum absolute atomic E-state index is 13.0. The van der Waals surface area contributed by atoms with E-state index in [1.54, 1.807) is 12.1 Å². The number of hydrogen-bond acceptors (Lipinski definition) is 9. The zero-order chi connectivity index (χ0) is 27.3. The maximum Gasteiger partial charge on any atom is 0.422 e. The van der Waals surface area contributed by atoms with Crippen LogP contribution in [0.3, 0.4) is 0 Å². The molecule has 1 fully saturated rings. The molecule has 1 aromatic heterocycles. The Morgan fingerprint density at radius 2 is 2.11 bits per heavy atom. The van der Waals surface area contributed by atoms with Crippen LogP contribution in [0.15, 0.2) is 18.3 Å². The SMILES string of the molecule is CN1CCNCc2cc(OCC(F)(F)F)c(Nc3ncc(Cl)c(N[C@@H]4CCCC[C@@H]4CNS(=O)[O-])n3)cc21. The Labute approximate surface area is 226 Å². The molecule has 1 aliphatic heterocycles. The van der Waals surface area contributed by atoms with E-state index in [0.29, 0.717) is 18.9 Å². The lowest BCUT2D eigenvalue weighted by atomic mass is 9.84. The van der Waals surface area contributed by atoms with Gasteiger partial charge in [-0.2, -0.15) is 18.2 Å². The summed E-state index contributed by atoms with van der Waals surface area (Å²) in [5.41, 5.74) is 1.94. The van der Waals surface area contributed by atoms with Gasteiger partial charge >= 0.3 is 6.18 Å². The summed E-state index contributed by atoms with van der Waals surface area (Å²) in [4.78, 5) is 10.7. The van der Waals surface area contributed by atoms with Gasteiger partial charge in [0.2, 0.25) is 5.95 Å². The van der Waals surface area contributed by atoms with Crippen molar-refractivity contribution in [3.05, 3.63) is 28.9 Å². The van der Waals surface area contributed by atoms with E-state index < -0.39 is 24.0 Å². The van der Waals surface area contributed by atoms with Gasteiger partial charge in [0.15, 0.2) is 12.4 Å². The fourth-order valence-corrected chi connectivity index (χ4v) is 5.21. The quantitative estimate of drug-likeness (QED) is 0.330. The zero-order valence-electron chi connectivity index (χ0n) is 20.7. The Hall–Kier alpha value is -2.39. The number of fused-ring (bicyclic) bond motifs is 1. The number of benzene rings is 1. The summed E-state index contributed by atoms with van der Waals surface area (Å²) in [6, 6.07) is 3.25. The summed E-state index contributed by atoms with van der Waals surface area (Å²) >= 11 is 4.01. The van der Waals surface area contributed by atoms with Crippen LogP contribution < -0.4 is 30.3 Å². The number of aromatic nitrogens is 2. The van der Waals surface area contributed by atoms with Crippen LogP contribution in [0.25, 0.3) is 0 Å². The standard InChI is InChI=1S/C23H31ClF3N7O3S/c1-34-7-6-28-10-15-8-20(37-13-23(25,26)27)18(9-19(15)34)32-22-29-12-16(24)21(33-22)31-17-5-3-2-4-14(17)11-30-38(35)36/h8-9,12,14,17,28,30H,2-7,10-11,13H2,1H3,(H,35,36)(H2,29,31,32,33)/p-1/t14-,17-/m1/s1. The molecule has 1 aliphatic carbocycles. The highest BCUT2D eigenvalue weighted by Gasteiger charge is 2.30. The van der Waals surface area contributed by atoms with E-state index in [9.17, 15) is 21.9 Å². The summed E-state index contributed by atoms with van der Waals surface area (Å²) in [5, 5.41) is 9.83. The van der Waals surface area contributed by atoms with Crippen molar-refractivity contribution < 1.29 is 26.7 Å². The molecule has 1 unspecified atom stereocenters. The molecule has 0 saturated heterocycles. The van der Waals surface area contributed by atoms with Gasteiger partial charge in [-0.05, 0) is 36.5 Å². The Kier molecular flexibility index (Phi) is 9.52. The number of rotatable bonds is 9. The van der Waals surface area contributed by atoms with Crippen molar-refractivity contribution in [1.82, 2.24) is 20.0 Å². The van der Waals surface area contributed by atoms with Crippen LogP contribution in [0.1, 0.15) is 31.2 Å². The second-order valence-corrected chi connectivity index (χ2v) is 10.5. The molecule has 2 heterocycles. The van der Waals surface area contributed by atoms with E-state index in [1.165, 1.54) is 6.20 Å². The van der Waals surface area contributed by atoms with Gasteiger partial charge in [0, 0.05) is 56.2 Å². The van der Waals surface area contributed by atoms with Crippen LogP contribution in [0, 0.1) is 5.92 Å². The minimum Gasteiger partial charge on any atom is -0.760 e. The van der Waals surface area contributed by atoms with Crippen LogP contribution >= 0.6 is 11.6 Å². The van der Waals surface area contributed by atoms with Crippen molar-refractivity contribution >= 4 is 46.0 Å². The molecular formula is C23H30ClF3N7O3S-. The predicted octanol–water partition coefficient (Wildman–Crippen LogP) is 3.71. The first-order chi connectivity index (χ1) is 18.1. The minimum atomic E-state index is -4.50. The molecule has 4 N–H and O–H groups in total. The van der Waals surface area contributed by atoms with Crippen molar-refractivity contribution in [3.8, 4) is 5.75 Å². The number of nitrogens with one attached hydrogen (secondary N) is 4. The van der Waals surface area contributed by atoms with Crippen molar-refractivity contribution in [2.24, 2.45) is 5.92 Å². The monoisotopic (exact) mass is 576 g/mol. The Balaban J connectivity index is 1.59. The first-order valence-electron chi connectivity index (χ1n) is 12.3. The maximum atomic E-state index is 13.0. The van der Waals surface area contributed by atoms with Gasteiger partial charge in [0.25, 0.3) is 0 Å². The lowest BCUT2D eigenvalue weighted by Crippen LogP contribution is -2.39. The van der Waals surface area contributed by atoms with E-state index in [4.69, 9.17) is 16.3 Å². The van der Waals surface area contributed by atoms with E-state index in [-0.39, 0.29) is 34.4 Å². The van der Waals surface area contributed by atoms with Gasteiger partial charge in [-0.3, -0.25) is 4.21 Å². The average molecular weight is 577 g/mol. The zero-order valence-corrected chi connectivity index (χ0v) is 22.3. The van der Waals surface area contributed by atoms with E-state index in [2.05, 4.69) is 30.6 Å². The minimum absolute atomic E-state index is 0.0234. The lowest BCUT2D eigenvalue weighted by Gasteiger charge is -2.33. The van der Waals surface area contributed by atoms with Gasteiger partial charge < -0.3 is 30.1 Å². The molecule has 15 heteroatoms. The van der Waals surface area contributed by atoms with Crippen LogP contribution in [0.4, 0.5) is 36.3 Å². The smallest absolute Gasteiger partial charge is 0.422 e. The van der Waals surface area contributed by atoms with Crippen molar-refractivity contribution in [3.63, 3.8) is 0 Å². The summed E-state index contributed by atoms with van der Waals surface area (Å²) in [6.07, 6.45) is 0.507. The number of likely N-dealkylation sites (N-methyl/N-ethyl adjacent to an activating group) is 1. The average Bonchev–Trinajstić information content (AvgIpc) is 3.04. The van der Waals surface area contributed by atoms with Crippen LogP contribution in [0.2, 0.25) is 5.02 Å². The van der Waals surface area contributed by atoms with Gasteiger partial charge in [0.05, 0.1) is 11.9 Å². The number of nitrogens with zero attached hydrogens (tertiary/aromatic N) is 3. The highest BCUT2D eigenvalue weighted by Crippen LogP contribution is 2.37. The highest BCUT2D eigenvalue weighted by atomic mass is 35.5. The Bertz CT molecular complexity index is 1140. The van der Waals surface area contributed by atoms with E-state index in [0.717, 1.165) is 50.0 Å². The molecular weight excluding hydrogens is 547 g/mol. The highest BCUT2D eigenvalue weighted by molar-refractivity contribution is 7.77. The van der Waals surface area contributed by atoms with Gasteiger partial charge in [-0.1, -0.05) is 24.4 Å². The molecule has 0 amide bonds. The van der Waals surface area contributed by atoms with Gasteiger partial charge in [-0.25, -0.2) is 9.71 Å². The number of hydrogen-bond donors (Lipinski definition) is 4. The normalized spacial score (nSPS) is 20.8. The molecule has 210 valence electrons. The molecule has 4 rings (SSSR count). The second kappa shape index (κ2) is 12.6. The third-order valence-corrected chi connectivity index (χ3v) is 7.29. The molecule has 38 heavy (non-hydrogen) atoms. The molecule has 0 bridgehead atoms. The van der Waals surface area contributed by atoms with E-state index in [1.807, 2.05) is 11.9 Å². The summed E-state index contributed by atoms with van der Waals surface area (Å²) in [5.74, 6) is 0.530. The molecule has 1 aromatic carbocycles. The predicted molar refractivity (Wildman–Crippen MR) is 140 cm³/mol. The Morgan fingerprint density at radius 3 is 2.87 bits per heavy atom. The number of anilines is 4. The summed E-state index contributed by atoms with van der Waals surface area (Å²) in [6.45, 7) is 0.788. The van der Waals surface area contributed by atoms with Gasteiger partial charge in [-0.15, -0.1) is 0 Å². The third kappa shape index (κ3) is 7.82. The fourth-order valence-electron chi connectivity index (χ4n) is 4.72. The molecule has 1 saturated carbocycles. The summed E-state index contributed by atoms with van der Waals surface area (Å²) < 4.78 is 68.5. The summed E-state index contributed by atoms with van der Waals surface area (Å²) in [7, 11) is 1.91. The molecule has 2 aromatic rings. The first-order valence-corrected chi connectivity index (χ1v) is 13.7. The second-order valence-electron chi connectivity index (χ2n) is 9.37. The molecule has 0 spiro atoms. The van der Waals surface area contributed by atoms with Crippen LogP contribution in [-0.2, 0) is 17.8 Å². The van der Waals surface area contributed by atoms with Crippen LogP contribution in [0.5, 0.6) is 5.75 Å². The van der Waals surface area contributed by atoms with Gasteiger partial charge in [0.1, 0.15) is 10.8 Å². The van der Waals surface area contributed by atoms with Crippen molar-refractivity contribution in [1.29, 1.82) is 0 Å². The largest absolute Gasteiger partial charge is 0.760 e. The third-order valence-electron chi connectivity index (χ3n) is 6.61. The molecule has 10 nitrogen and oxygen atoms in total. The number of ether oxygens (including phenoxy) is 1. The van der Waals surface area contributed by atoms with Crippen molar-refractivity contribution in [2.75, 3.05) is 48.8 Å². The topological polar surface area (TPSA) is 127 Å². The lowest BCUT2D eigenvalue weighted by molar-refractivity contribution is -0.153. The number of halogens is 4. The van der Waals surface area contributed by atoms with Crippen LogP contribution in [-0.4, -0.2) is 64.2 Å². The Morgan fingerprint density at radius 1 is 1.32 bits per heavy atom. The molecule has 0 radical (unpaired) electrons. The fraction of sp³-hybridized carbons (Fsp3) is 0.565. The van der Waals surface area contributed by atoms with E-state index >= 15 is 0 Å². The first kappa shape index (κ1) is 28.6. The number of alkyl halides is 3. The molecule has 3 atom stereocenters.